The highest BCUT2D eigenvalue weighted by atomic mass is 32.1. The molecule has 0 radical (unpaired) electrons. The van der Waals surface area contributed by atoms with Crippen LogP contribution in [0.15, 0.2) is 46.4 Å². The summed E-state index contributed by atoms with van der Waals surface area (Å²) in [6, 6.07) is 11.4. The van der Waals surface area contributed by atoms with Crippen molar-refractivity contribution in [3.8, 4) is 11.5 Å². The number of rotatable bonds is 4. The zero-order valence-electron chi connectivity index (χ0n) is 15.3. The lowest BCUT2D eigenvalue weighted by atomic mass is 10.1. The molecule has 1 aliphatic rings. The molecule has 2 aromatic heterocycles. The highest BCUT2D eigenvalue weighted by molar-refractivity contribution is 7.80. The number of aromatic nitrogens is 1. The molecule has 0 atom stereocenters. The van der Waals surface area contributed by atoms with E-state index in [1.54, 1.807) is 12.1 Å². The Hall–Kier alpha value is -2.84. The molecule has 0 aliphatic carbocycles. The Bertz CT molecular complexity index is 1050. The fraction of sp³-hybridized carbons (Fsp3) is 0.200. The van der Waals surface area contributed by atoms with E-state index in [0.29, 0.717) is 24.6 Å². The van der Waals surface area contributed by atoms with E-state index in [2.05, 4.69) is 4.98 Å². The van der Waals surface area contributed by atoms with E-state index >= 15 is 0 Å². The summed E-state index contributed by atoms with van der Waals surface area (Å²) in [6.45, 7) is 4.48. The van der Waals surface area contributed by atoms with Gasteiger partial charge in [-0.15, -0.1) is 11.3 Å². The number of thiophene rings is 1. The van der Waals surface area contributed by atoms with Gasteiger partial charge in [-0.05, 0) is 44.3 Å². The number of amides is 2. The number of hydrogen-bond acceptors (Lipinski definition) is 6. The zero-order valence-corrected chi connectivity index (χ0v) is 17.0. The first kappa shape index (κ1) is 18.5. The first-order valence-electron chi connectivity index (χ1n) is 8.88. The Balaban J connectivity index is 1.70. The van der Waals surface area contributed by atoms with Crippen molar-refractivity contribution >= 4 is 57.0 Å². The number of likely N-dealkylation sites (N-methyl/N-ethyl adjacent to an activating group) is 2. The molecule has 2 amide bonds. The van der Waals surface area contributed by atoms with Crippen molar-refractivity contribution in [3.63, 3.8) is 0 Å². The molecule has 0 saturated carbocycles. The second kappa shape index (κ2) is 7.29. The largest absolute Gasteiger partial charge is 0.435 e. The molecule has 6 nitrogen and oxygen atoms in total. The van der Waals surface area contributed by atoms with E-state index in [9.17, 15) is 9.59 Å². The molecule has 8 heteroatoms. The standard InChI is InChI=1S/C20H17N3O3S2/c1-3-22-18(24)14(19(25)23(4-2)20(22)27)10-13-11-15-17(28-13)21-16(26-15)12-8-6-5-7-9-12/h5-11H,3-4H2,1-2H3. The van der Waals surface area contributed by atoms with Gasteiger partial charge in [-0.25, -0.2) is 0 Å². The molecule has 142 valence electrons. The van der Waals surface area contributed by atoms with Crippen LogP contribution < -0.4 is 0 Å². The fourth-order valence-electron chi connectivity index (χ4n) is 3.05. The molecule has 1 aromatic carbocycles. The third-order valence-electron chi connectivity index (χ3n) is 4.46. The molecule has 28 heavy (non-hydrogen) atoms. The van der Waals surface area contributed by atoms with Gasteiger partial charge >= 0.3 is 0 Å². The van der Waals surface area contributed by atoms with Crippen LogP contribution in [0.2, 0.25) is 0 Å². The highest BCUT2D eigenvalue weighted by Gasteiger charge is 2.37. The number of carbonyl (C=O) groups is 2. The Morgan fingerprint density at radius 3 is 2.32 bits per heavy atom. The smallest absolute Gasteiger partial charge is 0.265 e. The quantitative estimate of drug-likeness (QED) is 0.370. The van der Waals surface area contributed by atoms with Crippen LogP contribution in [0.5, 0.6) is 0 Å². The number of hydrogen-bond donors (Lipinski definition) is 0. The third kappa shape index (κ3) is 3.04. The van der Waals surface area contributed by atoms with Gasteiger partial charge in [0.1, 0.15) is 5.57 Å². The summed E-state index contributed by atoms with van der Waals surface area (Å²) in [4.78, 5) is 34.3. The molecule has 0 unspecified atom stereocenters. The summed E-state index contributed by atoms with van der Waals surface area (Å²) < 4.78 is 5.84. The van der Waals surface area contributed by atoms with Crippen molar-refractivity contribution in [2.24, 2.45) is 0 Å². The van der Waals surface area contributed by atoms with Crippen molar-refractivity contribution < 1.29 is 14.0 Å². The van der Waals surface area contributed by atoms with Crippen LogP contribution in [0.1, 0.15) is 18.7 Å². The van der Waals surface area contributed by atoms with Crippen LogP contribution in [-0.4, -0.2) is 44.8 Å². The van der Waals surface area contributed by atoms with Crippen LogP contribution in [-0.2, 0) is 9.59 Å². The van der Waals surface area contributed by atoms with Gasteiger partial charge in [-0.1, -0.05) is 18.2 Å². The lowest BCUT2D eigenvalue weighted by Gasteiger charge is -2.35. The van der Waals surface area contributed by atoms with Crippen molar-refractivity contribution in [1.29, 1.82) is 0 Å². The van der Waals surface area contributed by atoms with Gasteiger partial charge < -0.3 is 4.42 Å². The second-order valence-corrected chi connectivity index (χ2v) is 7.57. The van der Waals surface area contributed by atoms with E-state index in [1.165, 1.54) is 21.1 Å². The molecule has 0 spiro atoms. The van der Waals surface area contributed by atoms with Crippen molar-refractivity contribution in [2.75, 3.05) is 13.1 Å². The van der Waals surface area contributed by atoms with Crippen LogP contribution in [0, 0.1) is 0 Å². The average Bonchev–Trinajstić information content (AvgIpc) is 3.25. The second-order valence-electron chi connectivity index (χ2n) is 6.14. The molecule has 0 bridgehead atoms. The SMILES string of the molecule is CCN1C(=O)C(=Cc2cc3oc(-c4ccccc4)nc3s2)C(=O)N(CC)C1=S. The number of fused-ring (bicyclic) bond motifs is 1. The lowest BCUT2D eigenvalue weighted by molar-refractivity contribution is -0.133. The Kier molecular flexibility index (Phi) is 4.82. The Morgan fingerprint density at radius 1 is 1.11 bits per heavy atom. The van der Waals surface area contributed by atoms with Crippen molar-refractivity contribution in [3.05, 3.63) is 46.8 Å². The third-order valence-corrected chi connectivity index (χ3v) is 5.86. The molecular weight excluding hydrogens is 394 g/mol. The van der Waals surface area contributed by atoms with Gasteiger partial charge in [0.2, 0.25) is 5.89 Å². The fourth-order valence-corrected chi connectivity index (χ4v) is 4.37. The molecule has 4 rings (SSSR count). The summed E-state index contributed by atoms with van der Waals surface area (Å²) in [5.74, 6) is -0.194. The van der Waals surface area contributed by atoms with E-state index < -0.39 is 0 Å². The minimum absolute atomic E-state index is 0.101. The van der Waals surface area contributed by atoms with E-state index in [-0.39, 0.29) is 22.5 Å². The maximum Gasteiger partial charge on any atom is 0.265 e. The number of benzene rings is 1. The Morgan fingerprint density at radius 2 is 1.75 bits per heavy atom. The zero-order chi connectivity index (χ0) is 19.8. The van der Waals surface area contributed by atoms with Crippen molar-refractivity contribution in [1.82, 2.24) is 14.8 Å². The molecule has 3 heterocycles. The molecule has 1 saturated heterocycles. The van der Waals surface area contributed by atoms with Crippen LogP contribution in [0.25, 0.3) is 27.9 Å². The molecule has 1 aliphatic heterocycles. The van der Waals surface area contributed by atoms with Gasteiger partial charge in [-0.3, -0.25) is 19.4 Å². The van der Waals surface area contributed by atoms with Gasteiger partial charge in [0.05, 0.1) is 0 Å². The predicted octanol–water partition coefficient (Wildman–Crippen LogP) is 3.94. The van der Waals surface area contributed by atoms with Gasteiger partial charge in [0.25, 0.3) is 11.8 Å². The highest BCUT2D eigenvalue weighted by Crippen LogP contribution is 2.32. The van der Waals surface area contributed by atoms with Crippen LogP contribution in [0.4, 0.5) is 0 Å². The number of thiocarbonyl (C=S) groups is 1. The van der Waals surface area contributed by atoms with Gasteiger partial charge in [-0.2, -0.15) is 4.98 Å². The van der Waals surface area contributed by atoms with E-state index in [4.69, 9.17) is 16.6 Å². The summed E-state index contributed by atoms with van der Waals surface area (Å²) in [5, 5.41) is 0.256. The van der Waals surface area contributed by atoms with Gasteiger partial charge in [0.15, 0.2) is 15.5 Å². The summed E-state index contributed by atoms with van der Waals surface area (Å²) in [7, 11) is 0. The van der Waals surface area contributed by atoms with E-state index in [0.717, 1.165) is 15.3 Å². The lowest BCUT2D eigenvalue weighted by Crippen LogP contribution is -2.55. The minimum Gasteiger partial charge on any atom is -0.435 e. The summed E-state index contributed by atoms with van der Waals surface area (Å²) in [6.07, 6.45) is 1.60. The number of carbonyl (C=O) groups excluding carboxylic acids is 2. The average molecular weight is 412 g/mol. The number of nitrogens with zero attached hydrogens (tertiary/aromatic N) is 3. The monoisotopic (exact) mass is 411 g/mol. The van der Waals surface area contributed by atoms with Crippen molar-refractivity contribution in [2.45, 2.75) is 13.8 Å². The summed E-state index contributed by atoms with van der Waals surface area (Å²) in [5.41, 5.74) is 1.63. The topological polar surface area (TPSA) is 66.7 Å². The normalized spacial score (nSPS) is 15.1. The number of oxazole rings is 1. The maximum absolute atomic E-state index is 12.7. The summed E-state index contributed by atoms with van der Waals surface area (Å²) >= 11 is 6.65. The molecule has 1 fully saturated rings. The molecular formula is C20H17N3O3S2. The minimum atomic E-state index is -0.370. The van der Waals surface area contributed by atoms with Crippen LogP contribution in [0.3, 0.4) is 0 Å². The Labute approximate surface area is 171 Å². The first-order chi connectivity index (χ1) is 13.5. The van der Waals surface area contributed by atoms with Crippen LogP contribution >= 0.6 is 23.6 Å². The first-order valence-corrected chi connectivity index (χ1v) is 10.1. The molecule has 3 aromatic rings. The van der Waals surface area contributed by atoms with Gasteiger partial charge in [0, 0.05) is 29.6 Å². The maximum atomic E-state index is 12.7. The van der Waals surface area contributed by atoms with E-state index in [1.807, 2.05) is 44.2 Å². The predicted molar refractivity (Wildman–Crippen MR) is 113 cm³/mol. The molecule has 0 N–H and O–H groups in total.